The molecule has 1 N–H and O–H groups in total. The van der Waals surface area contributed by atoms with Gasteiger partial charge in [-0.2, -0.15) is 13.2 Å². The standard InChI is InChI=1S/C23H15ClF3N3O/c24-18-8-4-16(5-9-18)22(31)29-19-10-6-15(7-11-19)21-13-30(14-28-21)20-3-1-2-17(12-20)23(25,26)27/h1-14H,(H,29,31). The Bertz CT molecular complexity index is 1220. The van der Waals surface area contributed by atoms with E-state index in [0.29, 0.717) is 27.7 Å². The zero-order valence-electron chi connectivity index (χ0n) is 15.9. The smallest absolute Gasteiger partial charge is 0.322 e. The van der Waals surface area contributed by atoms with Gasteiger partial charge in [0.15, 0.2) is 0 Å². The lowest BCUT2D eigenvalue weighted by Crippen LogP contribution is -2.11. The van der Waals surface area contributed by atoms with E-state index in [1.807, 2.05) is 0 Å². The second-order valence-corrected chi connectivity index (χ2v) is 7.19. The fourth-order valence-corrected chi connectivity index (χ4v) is 3.11. The molecule has 0 aliphatic heterocycles. The van der Waals surface area contributed by atoms with Crippen LogP contribution in [0.4, 0.5) is 18.9 Å². The second-order valence-electron chi connectivity index (χ2n) is 6.75. The van der Waals surface area contributed by atoms with E-state index < -0.39 is 11.7 Å². The van der Waals surface area contributed by atoms with Gasteiger partial charge in [0.25, 0.3) is 5.91 Å². The topological polar surface area (TPSA) is 46.9 Å². The summed E-state index contributed by atoms with van der Waals surface area (Å²) in [5.41, 5.74) is 2.07. The molecule has 0 fully saturated rings. The molecule has 31 heavy (non-hydrogen) atoms. The van der Waals surface area contributed by atoms with Gasteiger partial charge in [0.1, 0.15) is 0 Å². The monoisotopic (exact) mass is 441 g/mol. The number of nitrogens with zero attached hydrogens (tertiary/aromatic N) is 2. The van der Waals surface area contributed by atoms with Crippen LogP contribution in [0.2, 0.25) is 5.02 Å². The van der Waals surface area contributed by atoms with Crippen LogP contribution in [0.15, 0.2) is 85.3 Å². The number of halogens is 4. The van der Waals surface area contributed by atoms with Gasteiger partial charge in [0.2, 0.25) is 0 Å². The van der Waals surface area contributed by atoms with E-state index in [1.54, 1.807) is 60.8 Å². The Labute approximate surface area is 180 Å². The number of hydrogen-bond acceptors (Lipinski definition) is 2. The number of carbonyl (C=O) groups excluding carboxylic acids is 1. The van der Waals surface area contributed by atoms with Crippen LogP contribution in [-0.2, 0) is 6.18 Å². The summed E-state index contributed by atoms with van der Waals surface area (Å²) in [4.78, 5) is 16.6. The number of carbonyl (C=O) groups is 1. The maximum Gasteiger partial charge on any atom is 0.416 e. The molecule has 0 bridgehead atoms. The largest absolute Gasteiger partial charge is 0.416 e. The van der Waals surface area contributed by atoms with Crippen LogP contribution < -0.4 is 5.32 Å². The van der Waals surface area contributed by atoms with Crippen molar-refractivity contribution >= 4 is 23.2 Å². The third-order valence-corrected chi connectivity index (χ3v) is 4.85. The quantitative estimate of drug-likeness (QED) is 0.395. The van der Waals surface area contributed by atoms with E-state index in [0.717, 1.165) is 17.7 Å². The van der Waals surface area contributed by atoms with Crippen LogP contribution in [0.3, 0.4) is 0 Å². The maximum atomic E-state index is 12.9. The third-order valence-electron chi connectivity index (χ3n) is 4.60. The van der Waals surface area contributed by atoms with E-state index in [1.165, 1.54) is 17.0 Å². The van der Waals surface area contributed by atoms with Gasteiger partial charge in [-0.15, -0.1) is 0 Å². The van der Waals surface area contributed by atoms with Crippen molar-refractivity contribution in [1.82, 2.24) is 9.55 Å². The molecule has 4 nitrogen and oxygen atoms in total. The van der Waals surface area contributed by atoms with Crippen molar-refractivity contribution in [3.05, 3.63) is 101 Å². The molecule has 3 aromatic carbocycles. The minimum Gasteiger partial charge on any atom is -0.322 e. The Morgan fingerprint density at radius 1 is 0.968 bits per heavy atom. The molecule has 1 aromatic heterocycles. The third kappa shape index (κ3) is 4.78. The van der Waals surface area contributed by atoms with Gasteiger partial charge < -0.3 is 9.88 Å². The van der Waals surface area contributed by atoms with Gasteiger partial charge in [0, 0.05) is 33.7 Å². The normalized spacial score (nSPS) is 11.4. The van der Waals surface area contributed by atoms with Gasteiger partial charge >= 0.3 is 6.18 Å². The summed E-state index contributed by atoms with van der Waals surface area (Å²) in [6.07, 6.45) is -1.30. The molecule has 4 rings (SSSR count). The second kappa shape index (κ2) is 8.28. The molecule has 0 radical (unpaired) electrons. The molecule has 0 aliphatic carbocycles. The number of aromatic nitrogens is 2. The molecule has 0 atom stereocenters. The highest BCUT2D eigenvalue weighted by Gasteiger charge is 2.30. The molecule has 1 amide bonds. The molecule has 4 aromatic rings. The summed E-state index contributed by atoms with van der Waals surface area (Å²) in [6, 6.07) is 18.6. The predicted octanol–water partition coefficient (Wildman–Crippen LogP) is 6.46. The number of amides is 1. The van der Waals surface area contributed by atoms with Gasteiger partial charge in [-0.1, -0.05) is 29.8 Å². The maximum absolute atomic E-state index is 12.9. The minimum absolute atomic E-state index is 0.266. The molecular formula is C23H15ClF3N3O. The van der Waals surface area contributed by atoms with E-state index in [4.69, 9.17) is 11.6 Å². The highest BCUT2D eigenvalue weighted by Crippen LogP contribution is 2.30. The Hall–Kier alpha value is -3.58. The Balaban J connectivity index is 1.50. The minimum atomic E-state index is -4.41. The highest BCUT2D eigenvalue weighted by atomic mass is 35.5. The van der Waals surface area contributed by atoms with Gasteiger partial charge in [-0.05, 0) is 54.6 Å². The van der Waals surface area contributed by atoms with Crippen molar-refractivity contribution in [3.8, 4) is 16.9 Å². The van der Waals surface area contributed by atoms with Crippen LogP contribution in [0.5, 0.6) is 0 Å². The Kier molecular flexibility index (Phi) is 5.52. The number of nitrogens with one attached hydrogen (secondary N) is 1. The summed E-state index contributed by atoms with van der Waals surface area (Å²) >= 11 is 5.83. The first-order chi connectivity index (χ1) is 14.8. The van der Waals surface area contributed by atoms with Crippen molar-refractivity contribution in [1.29, 1.82) is 0 Å². The van der Waals surface area contributed by atoms with Crippen LogP contribution in [0, 0.1) is 0 Å². The summed E-state index contributed by atoms with van der Waals surface area (Å²) in [5, 5.41) is 3.34. The van der Waals surface area contributed by atoms with E-state index in [2.05, 4.69) is 10.3 Å². The summed E-state index contributed by atoms with van der Waals surface area (Å²) in [7, 11) is 0. The lowest BCUT2D eigenvalue weighted by atomic mass is 10.1. The van der Waals surface area contributed by atoms with Gasteiger partial charge in [0.05, 0.1) is 17.6 Å². The molecule has 8 heteroatoms. The molecule has 0 spiro atoms. The number of anilines is 1. The molecule has 0 saturated heterocycles. The fraction of sp³-hybridized carbons (Fsp3) is 0.0435. The van der Waals surface area contributed by atoms with E-state index >= 15 is 0 Å². The first-order valence-electron chi connectivity index (χ1n) is 9.18. The average Bonchev–Trinajstić information content (AvgIpc) is 3.24. The van der Waals surface area contributed by atoms with Crippen molar-refractivity contribution in [2.45, 2.75) is 6.18 Å². The van der Waals surface area contributed by atoms with Crippen molar-refractivity contribution in [2.75, 3.05) is 5.32 Å². The molecule has 0 aliphatic rings. The first kappa shape index (κ1) is 20.7. The molecule has 156 valence electrons. The summed E-state index contributed by atoms with van der Waals surface area (Å²) < 4.78 is 40.4. The van der Waals surface area contributed by atoms with Crippen molar-refractivity contribution in [3.63, 3.8) is 0 Å². The highest BCUT2D eigenvalue weighted by molar-refractivity contribution is 6.30. The number of hydrogen-bond donors (Lipinski definition) is 1. The fourth-order valence-electron chi connectivity index (χ4n) is 2.98. The first-order valence-corrected chi connectivity index (χ1v) is 9.56. The number of benzene rings is 3. The van der Waals surface area contributed by atoms with E-state index in [9.17, 15) is 18.0 Å². The molecule has 1 heterocycles. The predicted molar refractivity (Wildman–Crippen MR) is 113 cm³/mol. The van der Waals surface area contributed by atoms with Crippen LogP contribution >= 0.6 is 11.6 Å². The lowest BCUT2D eigenvalue weighted by molar-refractivity contribution is -0.137. The number of alkyl halides is 3. The Morgan fingerprint density at radius 3 is 2.35 bits per heavy atom. The van der Waals surface area contributed by atoms with Gasteiger partial charge in [-0.25, -0.2) is 4.98 Å². The van der Waals surface area contributed by atoms with Crippen molar-refractivity contribution in [2.24, 2.45) is 0 Å². The zero-order valence-corrected chi connectivity index (χ0v) is 16.7. The SMILES string of the molecule is O=C(Nc1ccc(-c2cn(-c3cccc(C(F)(F)F)c3)cn2)cc1)c1ccc(Cl)cc1. The number of imidazole rings is 1. The molecule has 0 unspecified atom stereocenters. The van der Waals surface area contributed by atoms with Gasteiger partial charge in [-0.3, -0.25) is 4.79 Å². The average molecular weight is 442 g/mol. The molecular weight excluding hydrogens is 427 g/mol. The number of rotatable bonds is 4. The van der Waals surface area contributed by atoms with Crippen LogP contribution in [-0.4, -0.2) is 15.5 Å². The zero-order chi connectivity index (χ0) is 22.0. The van der Waals surface area contributed by atoms with Crippen LogP contribution in [0.25, 0.3) is 16.9 Å². The van der Waals surface area contributed by atoms with Crippen molar-refractivity contribution < 1.29 is 18.0 Å². The van der Waals surface area contributed by atoms with Crippen LogP contribution in [0.1, 0.15) is 15.9 Å². The summed E-state index contributed by atoms with van der Waals surface area (Å²) in [6.45, 7) is 0. The summed E-state index contributed by atoms with van der Waals surface area (Å²) in [5.74, 6) is -0.266. The molecule has 0 saturated carbocycles. The lowest BCUT2D eigenvalue weighted by Gasteiger charge is -2.09. The van der Waals surface area contributed by atoms with E-state index in [-0.39, 0.29) is 5.91 Å². The Morgan fingerprint density at radius 2 is 1.68 bits per heavy atom.